The van der Waals surface area contributed by atoms with Gasteiger partial charge in [-0.2, -0.15) is 0 Å². The van der Waals surface area contributed by atoms with Crippen LogP contribution in [0, 0.1) is 0 Å². The summed E-state index contributed by atoms with van der Waals surface area (Å²) >= 11 is 0. The lowest BCUT2D eigenvalue weighted by Gasteiger charge is -2.34. The third kappa shape index (κ3) is 5.83. The first-order valence-electron chi connectivity index (χ1n) is 10.6. The summed E-state index contributed by atoms with van der Waals surface area (Å²) in [5.41, 5.74) is 4.68. The molecule has 0 aliphatic carbocycles. The molecule has 1 aliphatic heterocycles. The predicted molar refractivity (Wildman–Crippen MR) is 117 cm³/mol. The highest BCUT2D eigenvalue weighted by Crippen LogP contribution is 2.17. The van der Waals surface area contributed by atoms with Gasteiger partial charge in [0, 0.05) is 44.0 Å². The molecule has 28 heavy (non-hydrogen) atoms. The van der Waals surface area contributed by atoms with Crippen LogP contribution in [-0.4, -0.2) is 50.6 Å². The smallest absolute Gasteiger partial charge is 0.251 e. The number of piperazine rings is 1. The molecule has 0 bridgehead atoms. The number of anilines is 1. The van der Waals surface area contributed by atoms with Crippen LogP contribution >= 0.6 is 0 Å². The zero-order valence-corrected chi connectivity index (χ0v) is 17.3. The molecule has 0 aromatic heterocycles. The average Bonchev–Trinajstić information content (AvgIpc) is 2.73. The predicted octanol–water partition coefficient (Wildman–Crippen LogP) is 3.75. The minimum atomic E-state index is 0.0217. The molecule has 2 aromatic rings. The van der Waals surface area contributed by atoms with E-state index in [0.29, 0.717) is 6.54 Å². The minimum absolute atomic E-state index is 0.0217. The molecule has 1 N–H and O–H groups in total. The maximum absolute atomic E-state index is 12.2. The molecule has 2 aromatic carbocycles. The van der Waals surface area contributed by atoms with E-state index in [9.17, 15) is 4.79 Å². The summed E-state index contributed by atoms with van der Waals surface area (Å²) in [6.45, 7) is 7.32. The summed E-state index contributed by atoms with van der Waals surface area (Å²) in [5, 5.41) is 3.04. The fourth-order valence-corrected chi connectivity index (χ4v) is 3.65. The van der Waals surface area contributed by atoms with Gasteiger partial charge in [0.05, 0.1) is 0 Å². The SMILES string of the molecule is CCCc1ccc(C(=O)NCCCc2ccc(N3CCN(C)CC3)cc2)cc1. The molecular formula is C24H33N3O. The number of hydrogen-bond acceptors (Lipinski definition) is 3. The van der Waals surface area contributed by atoms with Crippen molar-refractivity contribution in [3.63, 3.8) is 0 Å². The van der Waals surface area contributed by atoms with Crippen molar-refractivity contribution in [2.24, 2.45) is 0 Å². The first-order valence-corrected chi connectivity index (χ1v) is 10.6. The van der Waals surface area contributed by atoms with Crippen LogP contribution in [0.25, 0.3) is 0 Å². The first-order chi connectivity index (χ1) is 13.7. The maximum Gasteiger partial charge on any atom is 0.251 e. The van der Waals surface area contributed by atoms with Gasteiger partial charge in [-0.3, -0.25) is 4.79 Å². The quantitative estimate of drug-likeness (QED) is 0.710. The molecule has 0 unspecified atom stereocenters. The van der Waals surface area contributed by atoms with Crippen molar-refractivity contribution in [3.05, 3.63) is 65.2 Å². The van der Waals surface area contributed by atoms with Crippen molar-refractivity contribution in [3.8, 4) is 0 Å². The monoisotopic (exact) mass is 379 g/mol. The molecule has 0 spiro atoms. The Balaban J connectivity index is 1.39. The second-order valence-electron chi connectivity index (χ2n) is 7.76. The molecule has 4 nitrogen and oxygen atoms in total. The zero-order valence-electron chi connectivity index (χ0n) is 17.3. The van der Waals surface area contributed by atoms with Crippen molar-refractivity contribution in [1.29, 1.82) is 0 Å². The lowest BCUT2D eigenvalue weighted by Crippen LogP contribution is -2.44. The highest BCUT2D eigenvalue weighted by atomic mass is 16.1. The fraction of sp³-hybridized carbons (Fsp3) is 0.458. The van der Waals surface area contributed by atoms with Crippen molar-refractivity contribution in [2.45, 2.75) is 32.6 Å². The Labute approximate surface area is 169 Å². The number of nitrogens with zero attached hydrogens (tertiary/aromatic N) is 2. The van der Waals surface area contributed by atoms with Crippen LogP contribution in [0.15, 0.2) is 48.5 Å². The number of nitrogens with one attached hydrogen (secondary N) is 1. The Morgan fingerprint density at radius 2 is 1.50 bits per heavy atom. The van der Waals surface area contributed by atoms with Gasteiger partial charge in [0.15, 0.2) is 0 Å². The molecule has 1 amide bonds. The zero-order chi connectivity index (χ0) is 19.8. The van der Waals surface area contributed by atoms with Crippen molar-refractivity contribution in [1.82, 2.24) is 10.2 Å². The summed E-state index contributed by atoms with van der Waals surface area (Å²) in [6, 6.07) is 16.9. The Morgan fingerprint density at radius 1 is 0.893 bits per heavy atom. The highest BCUT2D eigenvalue weighted by Gasteiger charge is 2.13. The van der Waals surface area contributed by atoms with Crippen LogP contribution in [0.5, 0.6) is 0 Å². The lowest BCUT2D eigenvalue weighted by molar-refractivity contribution is 0.0953. The van der Waals surface area contributed by atoms with E-state index in [2.05, 4.69) is 65.5 Å². The van der Waals surface area contributed by atoms with Gasteiger partial charge in [0.2, 0.25) is 0 Å². The molecule has 0 saturated carbocycles. The van der Waals surface area contributed by atoms with Gasteiger partial charge < -0.3 is 15.1 Å². The van der Waals surface area contributed by atoms with Gasteiger partial charge in [-0.25, -0.2) is 0 Å². The van der Waals surface area contributed by atoms with Crippen molar-refractivity contribution in [2.75, 3.05) is 44.7 Å². The summed E-state index contributed by atoms with van der Waals surface area (Å²) in [4.78, 5) is 17.1. The lowest BCUT2D eigenvalue weighted by atomic mass is 10.1. The largest absolute Gasteiger partial charge is 0.369 e. The summed E-state index contributed by atoms with van der Waals surface area (Å²) in [5.74, 6) is 0.0217. The molecule has 1 saturated heterocycles. The standard InChI is InChI=1S/C24H33N3O/c1-3-5-20-7-11-22(12-8-20)24(28)25-15-4-6-21-9-13-23(14-10-21)27-18-16-26(2)17-19-27/h7-14H,3-6,15-19H2,1-2H3,(H,25,28). The maximum atomic E-state index is 12.2. The first kappa shape index (κ1) is 20.4. The number of amides is 1. The number of rotatable bonds is 8. The number of hydrogen-bond donors (Lipinski definition) is 1. The Morgan fingerprint density at radius 3 is 2.14 bits per heavy atom. The number of likely N-dealkylation sites (N-methyl/N-ethyl adjacent to an activating group) is 1. The van der Waals surface area contributed by atoms with Crippen LogP contribution in [0.4, 0.5) is 5.69 Å². The van der Waals surface area contributed by atoms with E-state index in [0.717, 1.165) is 57.4 Å². The van der Waals surface area contributed by atoms with E-state index in [1.165, 1.54) is 16.8 Å². The Bertz CT molecular complexity index is 731. The number of aryl methyl sites for hydroxylation is 2. The van der Waals surface area contributed by atoms with Gasteiger partial charge in [0.25, 0.3) is 5.91 Å². The van der Waals surface area contributed by atoms with Crippen molar-refractivity contribution < 1.29 is 4.79 Å². The summed E-state index contributed by atoms with van der Waals surface area (Å²) in [6.07, 6.45) is 4.13. The van der Waals surface area contributed by atoms with Gasteiger partial charge in [-0.15, -0.1) is 0 Å². The summed E-state index contributed by atoms with van der Waals surface area (Å²) < 4.78 is 0. The molecule has 0 atom stereocenters. The van der Waals surface area contributed by atoms with E-state index in [-0.39, 0.29) is 5.91 Å². The molecule has 3 rings (SSSR count). The van der Waals surface area contributed by atoms with E-state index < -0.39 is 0 Å². The number of benzene rings is 2. The Hall–Kier alpha value is -2.33. The molecule has 1 heterocycles. The molecule has 1 fully saturated rings. The van der Waals surface area contributed by atoms with Gasteiger partial charge >= 0.3 is 0 Å². The Kier molecular flexibility index (Phi) is 7.49. The van der Waals surface area contributed by atoms with Crippen LogP contribution in [0.3, 0.4) is 0 Å². The van der Waals surface area contributed by atoms with Gasteiger partial charge in [0.1, 0.15) is 0 Å². The fourth-order valence-electron chi connectivity index (χ4n) is 3.65. The number of carbonyl (C=O) groups is 1. The number of carbonyl (C=O) groups excluding carboxylic acids is 1. The molecule has 1 aliphatic rings. The summed E-state index contributed by atoms with van der Waals surface area (Å²) in [7, 11) is 2.18. The van der Waals surface area contributed by atoms with Gasteiger partial charge in [-0.05, 0) is 61.7 Å². The van der Waals surface area contributed by atoms with Gasteiger partial charge in [-0.1, -0.05) is 37.6 Å². The molecule has 4 heteroatoms. The topological polar surface area (TPSA) is 35.6 Å². The normalized spacial score (nSPS) is 14.9. The molecule has 150 valence electrons. The van der Waals surface area contributed by atoms with Crippen LogP contribution in [0.1, 0.15) is 41.3 Å². The van der Waals surface area contributed by atoms with Crippen molar-refractivity contribution >= 4 is 11.6 Å². The van der Waals surface area contributed by atoms with E-state index in [1.54, 1.807) is 0 Å². The van der Waals surface area contributed by atoms with Crippen LogP contribution in [-0.2, 0) is 12.8 Å². The second kappa shape index (κ2) is 10.3. The van der Waals surface area contributed by atoms with E-state index in [1.807, 2.05) is 12.1 Å². The second-order valence-corrected chi connectivity index (χ2v) is 7.76. The van der Waals surface area contributed by atoms with E-state index in [4.69, 9.17) is 0 Å². The highest BCUT2D eigenvalue weighted by molar-refractivity contribution is 5.94. The van der Waals surface area contributed by atoms with Crippen LogP contribution in [0.2, 0.25) is 0 Å². The third-order valence-electron chi connectivity index (χ3n) is 5.49. The van der Waals surface area contributed by atoms with E-state index >= 15 is 0 Å². The minimum Gasteiger partial charge on any atom is -0.369 e. The third-order valence-corrected chi connectivity index (χ3v) is 5.49. The molecule has 0 radical (unpaired) electrons. The average molecular weight is 380 g/mol. The van der Waals surface area contributed by atoms with Crippen LogP contribution < -0.4 is 10.2 Å². The molecular weight excluding hydrogens is 346 g/mol.